The van der Waals surface area contributed by atoms with Crippen molar-refractivity contribution >= 4 is 15.7 Å². The Bertz CT molecular complexity index is 637. The Balaban J connectivity index is 2.14. The molecule has 1 aliphatic heterocycles. The Morgan fingerprint density at radius 1 is 1.33 bits per heavy atom. The smallest absolute Gasteiger partial charge is 0.254 e. The monoisotopic (exact) mass is 309 g/mol. The van der Waals surface area contributed by atoms with E-state index < -0.39 is 9.84 Å². The summed E-state index contributed by atoms with van der Waals surface area (Å²) in [5.41, 5.74) is 2.84. The third-order valence-corrected chi connectivity index (χ3v) is 5.26. The molecule has 0 bridgehead atoms. The molecule has 0 aliphatic carbocycles. The average molecular weight is 309 g/mol. The van der Waals surface area contributed by atoms with Gasteiger partial charge in [0, 0.05) is 24.9 Å². The number of nitrogens with zero attached hydrogens (tertiary/aromatic N) is 1. The van der Waals surface area contributed by atoms with E-state index in [1.807, 2.05) is 32.0 Å². The van der Waals surface area contributed by atoms with Crippen molar-refractivity contribution in [2.75, 3.05) is 25.1 Å². The Kier molecular flexibility index (Phi) is 4.71. The summed E-state index contributed by atoms with van der Waals surface area (Å²) >= 11 is 0. The number of rotatable bonds is 3. The maximum absolute atomic E-state index is 12.7. The highest BCUT2D eigenvalue weighted by molar-refractivity contribution is 7.90. The molecule has 1 atom stereocenters. The van der Waals surface area contributed by atoms with E-state index in [4.69, 9.17) is 0 Å². The van der Waals surface area contributed by atoms with Crippen LogP contribution in [0.5, 0.6) is 0 Å². The normalized spacial score (nSPS) is 19.6. The Morgan fingerprint density at radius 3 is 2.71 bits per heavy atom. The molecular weight excluding hydrogens is 286 g/mol. The van der Waals surface area contributed by atoms with E-state index in [1.165, 1.54) is 6.26 Å². The average Bonchev–Trinajstić information content (AvgIpc) is 2.39. The van der Waals surface area contributed by atoms with Gasteiger partial charge in [-0.15, -0.1) is 0 Å². The minimum Gasteiger partial charge on any atom is -0.338 e. The van der Waals surface area contributed by atoms with Gasteiger partial charge in [-0.25, -0.2) is 8.42 Å². The number of carbonyl (C=O) groups is 1. The van der Waals surface area contributed by atoms with E-state index in [2.05, 4.69) is 0 Å². The molecule has 1 amide bonds. The summed E-state index contributed by atoms with van der Waals surface area (Å²) in [7, 11) is -2.99. The van der Waals surface area contributed by atoms with E-state index in [0.717, 1.165) is 29.5 Å². The molecule has 1 fully saturated rings. The van der Waals surface area contributed by atoms with Crippen molar-refractivity contribution < 1.29 is 13.2 Å². The third-order valence-electron chi connectivity index (χ3n) is 4.18. The van der Waals surface area contributed by atoms with Crippen LogP contribution in [0.4, 0.5) is 0 Å². The molecule has 1 saturated heterocycles. The van der Waals surface area contributed by atoms with Crippen LogP contribution < -0.4 is 0 Å². The second kappa shape index (κ2) is 6.18. The molecule has 116 valence electrons. The van der Waals surface area contributed by atoms with Gasteiger partial charge >= 0.3 is 0 Å². The van der Waals surface area contributed by atoms with Gasteiger partial charge in [-0.05, 0) is 49.8 Å². The van der Waals surface area contributed by atoms with Gasteiger partial charge in [-0.1, -0.05) is 12.1 Å². The molecule has 0 unspecified atom stereocenters. The van der Waals surface area contributed by atoms with Gasteiger partial charge in [0.05, 0.1) is 5.75 Å². The SMILES string of the molecule is Cc1cccc(C(=O)N2CCC[C@@H](CS(C)(=O)=O)C2)c1C. The Morgan fingerprint density at radius 2 is 2.05 bits per heavy atom. The van der Waals surface area contributed by atoms with Crippen LogP contribution in [0, 0.1) is 19.8 Å². The second-order valence-corrected chi connectivity index (χ2v) is 8.28. The summed E-state index contributed by atoms with van der Waals surface area (Å²) in [5.74, 6) is 0.251. The molecule has 2 rings (SSSR count). The van der Waals surface area contributed by atoms with Crippen LogP contribution in [0.3, 0.4) is 0 Å². The predicted molar refractivity (Wildman–Crippen MR) is 84.3 cm³/mol. The van der Waals surface area contributed by atoms with Gasteiger partial charge in [0.2, 0.25) is 0 Å². The minimum atomic E-state index is -2.99. The van der Waals surface area contributed by atoms with Gasteiger partial charge in [0.15, 0.2) is 0 Å². The summed E-state index contributed by atoms with van der Waals surface area (Å²) in [5, 5.41) is 0. The lowest BCUT2D eigenvalue weighted by Crippen LogP contribution is -2.42. The fraction of sp³-hybridized carbons (Fsp3) is 0.562. The topological polar surface area (TPSA) is 54.5 Å². The van der Waals surface area contributed by atoms with Crippen molar-refractivity contribution in [1.29, 1.82) is 0 Å². The highest BCUT2D eigenvalue weighted by atomic mass is 32.2. The van der Waals surface area contributed by atoms with Gasteiger partial charge in [0.1, 0.15) is 9.84 Å². The van der Waals surface area contributed by atoms with Gasteiger partial charge in [-0.2, -0.15) is 0 Å². The number of aryl methyl sites for hydroxylation is 1. The van der Waals surface area contributed by atoms with Crippen LogP contribution in [0.25, 0.3) is 0 Å². The molecule has 4 nitrogen and oxygen atoms in total. The standard InChI is InChI=1S/C16H23NO3S/c1-12-6-4-8-15(13(12)2)16(18)17-9-5-7-14(10-17)11-21(3,19)20/h4,6,8,14H,5,7,9-11H2,1-3H3/t14-/m1/s1. The van der Waals surface area contributed by atoms with Crippen LogP contribution in [-0.2, 0) is 9.84 Å². The number of hydrogen-bond donors (Lipinski definition) is 0. The molecule has 1 aromatic rings. The molecule has 1 aliphatic rings. The number of piperidine rings is 1. The van der Waals surface area contributed by atoms with Crippen LogP contribution in [0.2, 0.25) is 0 Å². The number of sulfone groups is 1. The van der Waals surface area contributed by atoms with Crippen molar-refractivity contribution in [3.05, 3.63) is 34.9 Å². The summed E-state index contributed by atoms with van der Waals surface area (Å²) in [4.78, 5) is 14.5. The zero-order chi connectivity index (χ0) is 15.6. The van der Waals surface area contributed by atoms with Crippen molar-refractivity contribution in [3.8, 4) is 0 Å². The quantitative estimate of drug-likeness (QED) is 0.860. The van der Waals surface area contributed by atoms with Gasteiger partial charge in [0.25, 0.3) is 5.91 Å². The van der Waals surface area contributed by atoms with Crippen LogP contribution in [0.1, 0.15) is 34.3 Å². The van der Waals surface area contributed by atoms with Gasteiger partial charge < -0.3 is 4.90 Å². The first kappa shape index (κ1) is 16.0. The lowest BCUT2D eigenvalue weighted by molar-refractivity contribution is 0.0683. The molecule has 21 heavy (non-hydrogen) atoms. The van der Waals surface area contributed by atoms with Crippen LogP contribution in [0.15, 0.2) is 18.2 Å². The van der Waals surface area contributed by atoms with Crippen molar-refractivity contribution in [3.63, 3.8) is 0 Å². The highest BCUT2D eigenvalue weighted by Crippen LogP contribution is 2.22. The first-order chi connectivity index (χ1) is 9.78. The zero-order valence-electron chi connectivity index (χ0n) is 12.9. The lowest BCUT2D eigenvalue weighted by Gasteiger charge is -2.33. The number of likely N-dealkylation sites (tertiary alicyclic amines) is 1. The molecule has 1 aromatic carbocycles. The molecule has 1 heterocycles. The van der Waals surface area contributed by atoms with Crippen molar-refractivity contribution in [2.24, 2.45) is 5.92 Å². The van der Waals surface area contributed by atoms with E-state index in [1.54, 1.807) is 4.90 Å². The summed E-state index contributed by atoms with van der Waals surface area (Å²) in [6, 6.07) is 5.74. The van der Waals surface area contributed by atoms with E-state index in [9.17, 15) is 13.2 Å². The molecule has 0 spiro atoms. The molecule has 0 saturated carbocycles. The molecular formula is C16H23NO3S. The molecule has 0 aromatic heterocycles. The molecule has 0 radical (unpaired) electrons. The van der Waals surface area contributed by atoms with E-state index in [-0.39, 0.29) is 17.6 Å². The Labute approximate surface area is 127 Å². The van der Waals surface area contributed by atoms with Gasteiger partial charge in [-0.3, -0.25) is 4.79 Å². The number of hydrogen-bond acceptors (Lipinski definition) is 3. The summed E-state index contributed by atoms with van der Waals surface area (Å²) in [6.45, 7) is 5.21. The first-order valence-electron chi connectivity index (χ1n) is 7.31. The maximum Gasteiger partial charge on any atom is 0.254 e. The molecule has 5 heteroatoms. The van der Waals surface area contributed by atoms with Crippen molar-refractivity contribution in [1.82, 2.24) is 4.90 Å². The zero-order valence-corrected chi connectivity index (χ0v) is 13.7. The largest absolute Gasteiger partial charge is 0.338 e. The summed E-state index contributed by atoms with van der Waals surface area (Å²) in [6.07, 6.45) is 3.01. The van der Waals surface area contributed by atoms with E-state index in [0.29, 0.717) is 13.1 Å². The van der Waals surface area contributed by atoms with Crippen LogP contribution in [-0.4, -0.2) is 44.3 Å². The van der Waals surface area contributed by atoms with Crippen LogP contribution >= 0.6 is 0 Å². The summed E-state index contributed by atoms with van der Waals surface area (Å²) < 4.78 is 22.9. The lowest BCUT2D eigenvalue weighted by atomic mass is 9.97. The highest BCUT2D eigenvalue weighted by Gasteiger charge is 2.27. The second-order valence-electron chi connectivity index (χ2n) is 6.10. The number of carbonyl (C=O) groups excluding carboxylic acids is 1. The number of amides is 1. The Hall–Kier alpha value is -1.36. The van der Waals surface area contributed by atoms with E-state index >= 15 is 0 Å². The predicted octanol–water partition coefficient (Wildman–Crippen LogP) is 2.20. The fourth-order valence-electron chi connectivity index (χ4n) is 2.97. The number of benzene rings is 1. The third kappa shape index (κ3) is 4.06. The minimum absolute atomic E-state index is 0.0226. The van der Waals surface area contributed by atoms with Crippen molar-refractivity contribution in [2.45, 2.75) is 26.7 Å². The molecule has 0 N–H and O–H groups in total. The first-order valence-corrected chi connectivity index (χ1v) is 9.37. The maximum atomic E-state index is 12.7. The fourth-order valence-corrected chi connectivity index (χ4v) is 4.10.